The summed E-state index contributed by atoms with van der Waals surface area (Å²) < 4.78 is 17.7. The van der Waals surface area contributed by atoms with Gasteiger partial charge in [0.15, 0.2) is 0 Å². The molecule has 0 bridgehead atoms. The number of carbonyl (C=O) groups excluding carboxylic acids is 3. The van der Waals surface area contributed by atoms with Gasteiger partial charge in [0.2, 0.25) is 5.91 Å². The van der Waals surface area contributed by atoms with Gasteiger partial charge in [-0.2, -0.15) is 0 Å². The molecule has 1 aromatic carbocycles. The van der Waals surface area contributed by atoms with Gasteiger partial charge in [0.1, 0.15) is 12.4 Å². The molecular formula is C19H25FN2O4. The highest BCUT2D eigenvalue weighted by Crippen LogP contribution is 2.22. The number of nitrogens with zero attached hydrogens (tertiary/aromatic N) is 2. The number of ether oxygens (including phenoxy) is 1. The van der Waals surface area contributed by atoms with Crippen LogP contribution in [0.15, 0.2) is 24.3 Å². The number of benzene rings is 1. The predicted octanol–water partition coefficient (Wildman–Crippen LogP) is 2.09. The van der Waals surface area contributed by atoms with Crippen LogP contribution in [0.5, 0.6) is 0 Å². The monoisotopic (exact) mass is 364 g/mol. The van der Waals surface area contributed by atoms with Crippen molar-refractivity contribution in [2.24, 2.45) is 5.92 Å². The number of methoxy groups -OCH3 is 1. The SMILES string of the molecule is COC(=O)CN(C(=O)C1CCN(C(=O)c2ccc(F)cc2)CC1)C(C)C. The Hall–Kier alpha value is -2.44. The standard InChI is InChI=1S/C19H25FN2O4/c1-13(2)22(12-17(23)26-3)19(25)15-8-10-21(11-9-15)18(24)14-4-6-16(20)7-5-14/h4-7,13,15H,8-12H2,1-3H3. The van der Waals surface area contributed by atoms with Crippen LogP contribution in [0.25, 0.3) is 0 Å². The molecule has 0 unspecified atom stereocenters. The Labute approximate surface area is 152 Å². The van der Waals surface area contributed by atoms with Gasteiger partial charge in [-0.15, -0.1) is 0 Å². The molecule has 0 spiro atoms. The summed E-state index contributed by atoms with van der Waals surface area (Å²) in [6.45, 7) is 4.55. The fraction of sp³-hybridized carbons (Fsp3) is 0.526. The highest BCUT2D eigenvalue weighted by atomic mass is 19.1. The Kier molecular flexibility index (Phi) is 6.71. The van der Waals surface area contributed by atoms with Crippen LogP contribution in [0, 0.1) is 11.7 Å². The van der Waals surface area contributed by atoms with Crippen LogP contribution >= 0.6 is 0 Å². The van der Waals surface area contributed by atoms with E-state index in [1.54, 1.807) is 4.90 Å². The zero-order valence-corrected chi connectivity index (χ0v) is 15.4. The Morgan fingerprint density at radius 1 is 1.19 bits per heavy atom. The molecular weight excluding hydrogens is 339 g/mol. The fourth-order valence-electron chi connectivity index (χ4n) is 3.06. The maximum Gasteiger partial charge on any atom is 0.325 e. The van der Waals surface area contributed by atoms with E-state index in [1.807, 2.05) is 13.8 Å². The summed E-state index contributed by atoms with van der Waals surface area (Å²) in [4.78, 5) is 39.9. The van der Waals surface area contributed by atoms with Crippen LogP contribution in [0.1, 0.15) is 37.0 Å². The normalized spacial score (nSPS) is 15.0. The minimum Gasteiger partial charge on any atom is -0.468 e. The lowest BCUT2D eigenvalue weighted by atomic mass is 9.94. The van der Waals surface area contributed by atoms with E-state index in [2.05, 4.69) is 4.74 Å². The minimum atomic E-state index is -0.448. The summed E-state index contributed by atoms with van der Waals surface area (Å²) in [5.74, 6) is -1.30. The molecule has 1 heterocycles. The van der Waals surface area contributed by atoms with Gasteiger partial charge in [-0.05, 0) is 51.0 Å². The molecule has 142 valence electrons. The minimum absolute atomic E-state index is 0.0677. The molecule has 0 saturated carbocycles. The van der Waals surface area contributed by atoms with Crippen molar-refractivity contribution in [3.8, 4) is 0 Å². The van der Waals surface area contributed by atoms with Crippen molar-refractivity contribution in [2.45, 2.75) is 32.7 Å². The molecule has 2 amide bonds. The van der Waals surface area contributed by atoms with Crippen molar-refractivity contribution in [1.82, 2.24) is 9.80 Å². The Morgan fingerprint density at radius 3 is 2.27 bits per heavy atom. The Bertz CT molecular complexity index is 652. The van der Waals surface area contributed by atoms with E-state index in [9.17, 15) is 18.8 Å². The number of hydrogen-bond donors (Lipinski definition) is 0. The molecule has 1 aliphatic heterocycles. The zero-order valence-electron chi connectivity index (χ0n) is 15.4. The van der Waals surface area contributed by atoms with Crippen molar-refractivity contribution < 1.29 is 23.5 Å². The Morgan fingerprint density at radius 2 is 1.77 bits per heavy atom. The number of hydrogen-bond acceptors (Lipinski definition) is 4. The molecule has 0 aliphatic carbocycles. The molecule has 1 fully saturated rings. The third kappa shape index (κ3) is 4.80. The Balaban J connectivity index is 1.95. The van der Waals surface area contributed by atoms with Gasteiger partial charge in [-0.3, -0.25) is 14.4 Å². The van der Waals surface area contributed by atoms with Gasteiger partial charge in [-0.25, -0.2) is 4.39 Å². The average Bonchev–Trinajstić information content (AvgIpc) is 2.65. The highest BCUT2D eigenvalue weighted by Gasteiger charge is 2.32. The molecule has 0 radical (unpaired) electrons. The van der Waals surface area contributed by atoms with Gasteiger partial charge in [-0.1, -0.05) is 0 Å². The molecule has 6 nitrogen and oxygen atoms in total. The number of rotatable bonds is 5. The summed E-state index contributed by atoms with van der Waals surface area (Å²) >= 11 is 0. The molecule has 2 rings (SSSR count). The number of likely N-dealkylation sites (tertiary alicyclic amines) is 1. The van der Waals surface area contributed by atoms with Crippen molar-refractivity contribution >= 4 is 17.8 Å². The van der Waals surface area contributed by atoms with Gasteiger partial charge >= 0.3 is 5.97 Å². The van der Waals surface area contributed by atoms with Crippen molar-refractivity contribution in [3.05, 3.63) is 35.6 Å². The molecule has 0 aromatic heterocycles. The lowest BCUT2D eigenvalue weighted by molar-refractivity contribution is -0.150. The summed E-state index contributed by atoms with van der Waals surface area (Å²) in [5.41, 5.74) is 0.436. The fourth-order valence-corrected chi connectivity index (χ4v) is 3.06. The first-order valence-electron chi connectivity index (χ1n) is 8.75. The van der Waals surface area contributed by atoms with E-state index in [1.165, 1.54) is 36.3 Å². The summed E-state index contributed by atoms with van der Waals surface area (Å²) in [6.07, 6.45) is 1.08. The number of esters is 1. The van der Waals surface area contributed by atoms with Crippen molar-refractivity contribution in [1.29, 1.82) is 0 Å². The van der Waals surface area contributed by atoms with Gasteiger partial charge in [0, 0.05) is 30.6 Å². The highest BCUT2D eigenvalue weighted by molar-refractivity contribution is 5.94. The lowest BCUT2D eigenvalue weighted by Crippen LogP contribution is -2.48. The van der Waals surface area contributed by atoms with Crippen molar-refractivity contribution in [2.75, 3.05) is 26.7 Å². The molecule has 1 aliphatic rings. The molecule has 26 heavy (non-hydrogen) atoms. The largest absolute Gasteiger partial charge is 0.468 e. The average molecular weight is 364 g/mol. The first-order valence-corrected chi connectivity index (χ1v) is 8.75. The van der Waals surface area contributed by atoms with Gasteiger partial charge in [0.25, 0.3) is 5.91 Å². The van der Waals surface area contributed by atoms with Gasteiger partial charge in [0.05, 0.1) is 7.11 Å². The number of halogens is 1. The quantitative estimate of drug-likeness (QED) is 0.751. The number of amides is 2. The maximum absolute atomic E-state index is 13.0. The first-order chi connectivity index (χ1) is 12.3. The second kappa shape index (κ2) is 8.78. The van der Waals surface area contributed by atoms with Crippen LogP contribution in [-0.2, 0) is 14.3 Å². The predicted molar refractivity (Wildman–Crippen MR) is 93.9 cm³/mol. The van der Waals surface area contributed by atoms with E-state index in [0.717, 1.165) is 0 Å². The van der Waals surface area contributed by atoms with Crippen LogP contribution < -0.4 is 0 Å². The van der Waals surface area contributed by atoms with E-state index >= 15 is 0 Å². The second-order valence-electron chi connectivity index (χ2n) is 6.71. The van der Waals surface area contributed by atoms with Crippen molar-refractivity contribution in [3.63, 3.8) is 0 Å². The number of piperidine rings is 1. The third-order valence-electron chi connectivity index (χ3n) is 4.66. The number of carbonyl (C=O) groups is 3. The van der Waals surface area contributed by atoms with Crippen LogP contribution in [0.4, 0.5) is 4.39 Å². The second-order valence-corrected chi connectivity index (χ2v) is 6.71. The summed E-state index contributed by atoms with van der Waals surface area (Å²) in [6, 6.07) is 5.34. The molecule has 7 heteroatoms. The molecule has 0 N–H and O–H groups in total. The molecule has 1 aromatic rings. The third-order valence-corrected chi connectivity index (χ3v) is 4.66. The molecule has 0 atom stereocenters. The van der Waals surface area contributed by atoms with Crippen LogP contribution in [-0.4, -0.2) is 60.4 Å². The molecule has 1 saturated heterocycles. The first kappa shape index (κ1) is 19.9. The summed E-state index contributed by atoms with van der Waals surface area (Å²) in [5, 5.41) is 0. The van der Waals surface area contributed by atoms with E-state index < -0.39 is 5.97 Å². The van der Waals surface area contributed by atoms with E-state index in [-0.39, 0.29) is 36.1 Å². The smallest absolute Gasteiger partial charge is 0.325 e. The van der Waals surface area contributed by atoms with E-state index in [0.29, 0.717) is 31.5 Å². The zero-order chi connectivity index (χ0) is 19.3. The van der Waals surface area contributed by atoms with Gasteiger partial charge < -0.3 is 14.5 Å². The maximum atomic E-state index is 13.0. The van der Waals surface area contributed by atoms with Crippen LogP contribution in [0.2, 0.25) is 0 Å². The topological polar surface area (TPSA) is 66.9 Å². The summed E-state index contributed by atoms with van der Waals surface area (Å²) in [7, 11) is 1.30. The van der Waals surface area contributed by atoms with E-state index in [4.69, 9.17) is 0 Å². The lowest BCUT2D eigenvalue weighted by Gasteiger charge is -2.35. The van der Waals surface area contributed by atoms with Crippen LogP contribution in [0.3, 0.4) is 0 Å².